The summed E-state index contributed by atoms with van der Waals surface area (Å²) in [5, 5.41) is 22.6. The third-order valence-corrected chi connectivity index (χ3v) is 18.4. The van der Waals surface area contributed by atoms with Crippen molar-refractivity contribution in [1.82, 2.24) is 0 Å². The highest BCUT2D eigenvalue weighted by atomic mass is 28.4. The first-order valence-electron chi connectivity index (χ1n) is 15.4. The molecule has 0 aliphatic heterocycles. The smallest absolute Gasteiger partial charge is 0.192 e. The average Bonchev–Trinajstić information content (AvgIpc) is 2.95. The molecule has 3 atom stereocenters. The van der Waals surface area contributed by atoms with Crippen molar-refractivity contribution in [3.8, 4) is 0 Å². The van der Waals surface area contributed by atoms with Gasteiger partial charge in [-0.2, -0.15) is 0 Å². The van der Waals surface area contributed by atoms with Gasteiger partial charge in [0, 0.05) is 0 Å². The third kappa shape index (κ3) is 8.14. The molecule has 2 N–H and O–H groups in total. The number of ether oxygens (including phenoxy) is 1. The minimum Gasteiger partial charge on any atom is -0.409 e. The van der Waals surface area contributed by atoms with E-state index in [4.69, 9.17) is 13.6 Å². The zero-order valence-electron chi connectivity index (χ0n) is 27.9. The van der Waals surface area contributed by atoms with E-state index in [-0.39, 0.29) is 23.3 Å². The molecule has 0 aliphatic carbocycles. The predicted octanol–water partition coefficient (Wildman–Crippen LogP) is 8.13. The number of hydrogen-bond donors (Lipinski definition) is 2. The molecule has 0 spiro atoms. The number of benzene rings is 3. The van der Waals surface area contributed by atoms with Crippen molar-refractivity contribution >= 4 is 16.6 Å². The first kappa shape index (κ1) is 35.4. The number of rotatable bonds is 13. The molecule has 0 unspecified atom stereocenters. The standard InChI is InChI=1S/C36H54O5Si2/c1-34(2,3)42(7,8)40-32(26-37)33(41-43(9,10)35(4,5)6)31(38)27-39-36(28-20-14-11-15-21-28,29-22-16-12-17-23-29)30-24-18-13-19-25-30/h11-25,31-33,37-38H,26-27H2,1-10H3/t31-,32-,33+/m0/s1. The first-order chi connectivity index (χ1) is 20.0. The van der Waals surface area contributed by atoms with Crippen molar-refractivity contribution in [2.75, 3.05) is 13.2 Å². The van der Waals surface area contributed by atoms with Crippen LogP contribution in [0.3, 0.4) is 0 Å². The molecule has 7 heteroatoms. The van der Waals surface area contributed by atoms with Crippen molar-refractivity contribution < 1.29 is 23.8 Å². The van der Waals surface area contributed by atoms with E-state index in [0.29, 0.717) is 0 Å². The van der Waals surface area contributed by atoms with Crippen LogP contribution in [0.5, 0.6) is 0 Å². The fourth-order valence-electron chi connectivity index (χ4n) is 4.76. The highest BCUT2D eigenvalue weighted by molar-refractivity contribution is 6.74. The van der Waals surface area contributed by atoms with E-state index in [1.807, 2.05) is 54.6 Å². The van der Waals surface area contributed by atoms with Crippen molar-refractivity contribution in [3.05, 3.63) is 108 Å². The molecule has 3 aromatic carbocycles. The van der Waals surface area contributed by atoms with Crippen LogP contribution in [0.25, 0.3) is 0 Å². The average molecular weight is 623 g/mol. The lowest BCUT2D eigenvalue weighted by Gasteiger charge is -2.46. The Balaban J connectivity index is 2.10. The summed E-state index contributed by atoms with van der Waals surface area (Å²) < 4.78 is 20.6. The maximum absolute atomic E-state index is 12.0. The molecular weight excluding hydrogens is 569 g/mol. The summed E-state index contributed by atoms with van der Waals surface area (Å²) in [4.78, 5) is 0. The second-order valence-corrected chi connectivity index (χ2v) is 24.1. The molecule has 0 aliphatic rings. The van der Waals surface area contributed by atoms with Crippen LogP contribution in [0.1, 0.15) is 58.2 Å². The highest BCUT2D eigenvalue weighted by Gasteiger charge is 2.47. The van der Waals surface area contributed by atoms with Crippen LogP contribution >= 0.6 is 0 Å². The summed E-state index contributed by atoms with van der Waals surface area (Å²) in [7, 11) is -4.70. The molecule has 43 heavy (non-hydrogen) atoms. The Bertz CT molecular complexity index is 1150. The van der Waals surface area contributed by atoms with Crippen LogP contribution < -0.4 is 0 Å². The zero-order valence-corrected chi connectivity index (χ0v) is 29.9. The van der Waals surface area contributed by atoms with Crippen LogP contribution in [-0.2, 0) is 19.2 Å². The molecule has 3 aromatic rings. The van der Waals surface area contributed by atoms with Gasteiger partial charge in [-0.1, -0.05) is 133 Å². The zero-order chi connectivity index (χ0) is 32.1. The molecular formula is C36H54O5Si2. The normalized spacial score (nSPS) is 15.6. The van der Waals surface area contributed by atoms with Gasteiger partial charge in [0.1, 0.15) is 17.8 Å². The van der Waals surface area contributed by atoms with Gasteiger partial charge in [-0.3, -0.25) is 0 Å². The Kier molecular flexibility index (Phi) is 11.4. The molecule has 5 nitrogen and oxygen atoms in total. The minimum atomic E-state index is -2.39. The van der Waals surface area contributed by atoms with Gasteiger partial charge >= 0.3 is 0 Å². The molecule has 0 saturated carbocycles. The Morgan fingerprint density at radius 3 is 1.28 bits per heavy atom. The largest absolute Gasteiger partial charge is 0.409 e. The summed E-state index contributed by atoms with van der Waals surface area (Å²) in [6.07, 6.45) is -2.54. The second-order valence-electron chi connectivity index (χ2n) is 14.6. The van der Waals surface area contributed by atoms with E-state index < -0.39 is 40.5 Å². The molecule has 236 valence electrons. The lowest BCUT2D eigenvalue weighted by molar-refractivity contribution is -0.109. The Labute approximate surface area is 262 Å². The van der Waals surface area contributed by atoms with Gasteiger partial charge in [-0.15, -0.1) is 0 Å². The predicted molar refractivity (Wildman–Crippen MR) is 182 cm³/mol. The molecule has 0 fully saturated rings. The molecule has 3 rings (SSSR count). The summed E-state index contributed by atoms with van der Waals surface area (Å²) in [6.45, 7) is 21.4. The van der Waals surface area contributed by atoms with Crippen molar-refractivity contribution in [2.45, 2.75) is 102 Å². The lowest BCUT2D eigenvalue weighted by Crippen LogP contribution is -2.57. The molecule has 0 heterocycles. The van der Waals surface area contributed by atoms with E-state index in [0.717, 1.165) is 16.7 Å². The monoisotopic (exact) mass is 622 g/mol. The van der Waals surface area contributed by atoms with Crippen molar-refractivity contribution in [3.63, 3.8) is 0 Å². The number of aliphatic hydroxyl groups is 2. The fraction of sp³-hybridized carbons (Fsp3) is 0.500. The Morgan fingerprint density at radius 2 is 0.953 bits per heavy atom. The van der Waals surface area contributed by atoms with E-state index in [9.17, 15) is 10.2 Å². The van der Waals surface area contributed by atoms with E-state index >= 15 is 0 Å². The summed E-state index contributed by atoms with van der Waals surface area (Å²) in [5.41, 5.74) is 1.88. The topological polar surface area (TPSA) is 68.2 Å². The Morgan fingerprint density at radius 1 is 0.605 bits per heavy atom. The van der Waals surface area contributed by atoms with Gasteiger partial charge < -0.3 is 23.8 Å². The molecule has 0 radical (unpaired) electrons. The van der Waals surface area contributed by atoms with Crippen molar-refractivity contribution in [1.29, 1.82) is 0 Å². The molecule has 0 amide bonds. The highest BCUT2D eigenvalue weighted by Crippen LogP contribution is 2.43. The SMILES string of the molecule is CC(C)(C)[Si](C)(C)O[C@@H]([C@H](CO)O[Si](C)(C)C(C)(C)C)[C@@H](O)COC(c1ccccc1)(c1ccccc1)c1ccccc1. The third-order valence-electron chi connectivity index (χ3n) is 9.43. The molecule has 0 aromatic heterocycles. The summed E-state index contributed by atoms with van der Waals surface area (Å²) >= 11 is 0. The van der Waals surface area contributed by atoms with Crippen molar-refractivity contribution in [2.24, 2.45) is 0 Å². The molecule has 0 bridgehead atoms. The maximum atomic E-state index is 12.0. The van der Waals surface area contributed by atoms with Crippen LogP contribution in [0.2, 0.25) is 36.3 Å². The summed E-state index contributed by atoms with van der Waals surface area (Å²) in [5.74, 6) is 0. The van der Waals surface area contributed by atoms with Gasteiger partial charge in [-0.05, 0) is 53.0 Å². The van der Waals surface area contributed by atoms with Gasteiger partial charge in [0.05, 0.1) is 19.3 Å². The van der Waals surface area contributed by atoms with Gasteiger partial charge in [0.25, 0.3) is 0 Å². The first-order valence-corrected chi connectivity index (χ1v) is 21.2. The Hall–Kier alpha value is -2.11. The number of hydrogen-bond acceptors (Lipinski definition) is 5. The van der Waals surface area contributed by atoms with Crippen LogP contribution in [0.15, 0.2) is 91.0 Å². The maximum Gasteiger partial charge on any atom is 0.192 e. The van der Waals surface area contributed by atoms with Crippen LogP contribution in [-0.4, -0.2) is 58.4 Å². The summed E-state index contributed by atoms with van der Waals surface area (Å²) in [6, 6.07) is 30.4. The number of aliphatic hydroxyl groups excluding tert-OH is 2. The van der Waals surface area contributed by atoms with E-state index in [1.165, 1.54) is 0 Å². The minimum absolute atomic E-state index is 0.0324. The second kappa shape index (κ2) is 13.9. The lowest BCUT2D eigenvalue weighted by atomic mass is 9.80. The fourth-order valence-corrected chi connectivity index (χ4v) is 7.42. The van der Waals surface area contributed by atoms with Gasteiger partial charge in [-0.25, -0.2) is 0 Å². The van der Waals surface area contributed by atoms with E-state index in [2.05, 4.69) is 104 Å². The molecule has 0 saturated heterocycles. The van der Waals surface area contributed by atoms with E-state index in [1.54, 1.807) is 0 Å². The van der Waals surface area contributed by atoms with Gasteiger partial charge in [0.15, 0.2) is 16.6 Å². The van der Waals surface area contributed by atoms with Crippen LogP contribution in [0.4, 0.5) is 0 Å². The van der Waals surface area contributed by atoms with Crippen LogP contribution in [0, 0.1) is 0 Å². The van der Waals surface area contributed by atoms with Gasteiger partial charge in [0.2, 0.25) is 0 Å². The quantitative estimate of drug-likeness (QED) is 0.149.